The Labute approximate surface area is 109 Å². The van der Waals surface area contributed by atoms with Gasteiger partial charge < -0.3 is 15.1 Å². The van der Waals surface area contributed by atoms with Crippen molar-refractivity contribution in [3.8, 4) is 0 Å². The van der Waals surface area contributed by atoms with Crippen LogP contribution in [0, 0.1) is 0 Å². The van der Waals surface area contributed by atoms with Crippen molar-refractivity contribution in [3.05, 3.63) is 29.8 Å². The lowest BCUT2D eigenvalue weighted by atomic mass is 10.0. The summed E-state index contributed by atoms with van der Waals surface area (Å²) < 4.78 is 37.3. The van der Waals surface area contributed by atoms with E-state index in [4.69, 9.17) is 0 Å². The van der Waals surface area contributed by atoms with Gasteiger partial charge in [-0.05, 0) is 18.9 Å². The van der Waals surface area contributed by atoms with E-state index < -0.39 is 24.9 Å². The maximum atomic E-state index is 12.4. The van der Waals surface area contributed by atoms with Crippen LogP contribution in [0.1, 0.15) is 24.5 Å². The van der Waals surface area contributed by atoms with Crippen molar-refractivity contribution < 1.29 is 23.4 Å². The largest absolute Gasteiger partial charge is 0.416 e. The zero-order valence-electron chi connectivity index (χ0n) is 10.3. The monoisotopic (exact) mass is 275 g/mol. The predicted molar refractivity (Wildman–Crippen MR) is 64.9 cm³/mol. The Hall–Kier alpha value is -1.27. The van der Waals surface area contributed by atoms with Crippen LogP contribution in [-0.4, -0.2) is 35.6 Å². The molecule has 0 radical (unpaired) electrons. The minimum Gasteiger partial charge on any atom is -0.388 e. The highest BCUT2D eigenvalue weighted by molar-refractivity contribution is 5.55. The Bertz CT molecular complexity index is 436. The van der Waals surface area contributed by atoms with E-state index in [0.29, 0.717) is 30.6 Å². The third-order valence-electron chi connectivity index (χ3n) is 3.31. The van der Waals surface area contributed by atoms with Crippen molar-refractivity contribution in [3.63, 3.8) is 0 Å². The predicted octanol–water partition coefficient (Wildman–Crippen LogP) is 2.24. The van der Waals surface area contributed by atoms with Gasteiger partial charge in [-0.1, -0.05) is 18.2 Å². The van der Waals surface area contributed by atoms with E-state index in [1.165, 1.54) is 4.90 Å². The molecule has 1 aromatic carbocycles. The van der Waals surface area contributed by atoms with E-state index in [1.54, 1.807) is 24.3 Å². The number of para-hydroxylation sites is 1. The molecule has 0 bridgehead atoms. The van der Waals surface area contributed by atoms with Crippen LogP contribution >= 0.6 is 0 Å². The zero-order chi connectivity index (χ0) is 14.0. The molecule has 106 valence electrons. The van der Waals surface area contributed by atoms with Gasteiger partial charge in [0, 0.05) is 17.8 Å². The van der Waals surface area contributed by atoms with Gasteiger partial charge in [0.25, 0.3) is 0 Å². The molecule has 0 aliphatic carbocycles. The summed E-state index contributed by atoms with van der Waals surface area (Å²) in [5, 5.41) is 19.1. The number of nitrogens with zero attached hydrogens (tertiary/aromatic N) is 1. The van der Waals surface area contributed by atoms with Crippen LogP contribution in [-0.2, 0) is 0 Å². The van der Waals surface area contributed by atoms with Gasteiger partial charge in [-0.15, -0.1) is 0 Å². The van der Waals surface area contributed by atoms with E-state index in [2.05, 4.69) is 0 Å². The second-order valence-corrected chi connectivity index (χ2v) is 4.72. The van der Waals surface area contributed by atoms with E-state index in [9.17, 15) is 23.4 Å². The average molecular weight is 275 g/mol. The Morgan fingerprint density at radius 1 is 1.32 bits per heavy atom. The highest BCUT2D eigenvalue weighted by Gasteiger charge is 2.39. The molecule has 0 saturated carbocycles. The maximum Gasteiger partial charge on any atom is 0.416 e. The van der Waals surface area contributed by atoms with Crippen molar-refractivity contribution in [1.82, 2.24) is 0 Å². The lowest BCUT2D eigenvalue weighted by Crippen LogP contribution is -2.41. The number of aliphatic hydroxyl groups excluding tert-OH is 2. The van der Waals surface area contributed by atoms with Crippen molar-refractivity contribution >= 4 is 5.69 Å². The van der Waals surface area contributed by atoms with Crippen molar-refractivity contribution in [1.29, 1.82) is 0 Å². The van der Waals surface area contributed by atoms with Crippen LogP contribution in [0.15, 0.2) is 24.3 Å². The fourth-order valence-corrected chi connectivity index (χ4v) is 2.31. The van der Waals surface area contributed by atoms with Crippen LogP contribution in [0.4, 0.5) is 18.9 Å². The van der Waals surface area contributed by atoms with Crippen molar-refractivity contribution in [2.45, 2.75) is 31.2 Å². The molecule has 3 nitrogen and oxygen atoms in total. The molecule has 0 spiro atoms. The molecular weight excluding hydrogens is 259 g/mol. The summed E-state index contributed by atoms with van der Waals surface area (Å²) in [5.41, 5.74) is 1.19. The number of anilines is 1. The van der Waals surface area contributed by atoms with Crippen LogP contribution in [0.5, 0.6) is 0 Å². The highest BCUT2D eigenvalue weighted by atomic mass is 19.4. The van der Waals surface area contributed by atoms with E-state index in [0.717, 1.165) is 0 Å². The van der Waals surface area contributed by atoms with Gasteiger partial charge in [0.2, 0.25) is 0 Å². The number of aliphatic hydroxyl groups is 2. The summed E-state index contributed by atoms with van der Waals surface area (Å²) in [7, 11) is 0. The Balaban J connectivity index is 2.24. The molecule has 2 unspecified atom stereocenters. The molecule has 0 saturated heterocycles. The minimum atomic E-state index is -4.63. The fraction of sp³-hybridized carbons (Fsp3) is 0.538. The van der Waals surface area contributed by atoms with E-state index in [1.807, 2.05) is 0 Å². The molecule has 1 aliphatic rings. The number of hydrogen-bond donors (Lipinski definition) is 2. The molecule has 0 fully saturated rings. The maximum absolute atomic E-state index is 12.4. The van der Waals surface area contributed by atoms with Gasteiger partial charge >= 0.3 is 6.18 Å². The number of fused-ring (bicyclic) bond motifs is 1. The molecule has 1 aliphatic heterocycles. The molecule has 2 atom stereocenters. The van der Waals surface area contributed by atoms with E-state index in [-0.39, 0.29) is 0 Å². The fourth-order valence-electron chi connectivity index (χ4n) is 2.31. The number of halogens is 3. The van der Waals surface area contributed by atoms with Crippen LogP contribution in [0.2, 0.25) is 0 Å². The molecule has 2 N–H and O–H groups in total. The molecule has 0 amide bonds. The molecule has 1 aromatic rings. The van der Waals surface area contributed by atoms with Gasteiger partial charge in [0.1, 0.15) is 0 Å². The topological polar surface area (TPSA) is 43.7 Å². The van der Waals surface area contributed by atoms with Crippen molar-refractivity contribution in [2.75, 3.05) is 18.0 Å². The van der Waals surface area contributed by atoms with Crippen molar-refractivity contribution in [2.24, 2.45) is 0 Å². The number of benzene rings is 1. The summed E-state index contributed by atoms with van der Waals surface area (Å²) in [6, 6.07) is 6.83. The summed E-state index contributed by atoms with van der Waals surface area (Å²) in [5.74, 6) is 0. The SMILES string of the molecule is OC1CCCN(CC(O)C(F)(F)F)c2ccccc21. The minimum absolute atomic E-state index is 0.390. The molecule has 6 heteroatoms. The molecule has 2 rings (SSSR count). The second-order valence-electron chi connectivity index (χ2n) is 4.72. The Morgan fingerprint density at radius 2 is 2.00 bits per heavy atom. The average Bonchev–Trinajstić information content (AvgIpc) is 2.50. The zero-order valence-corrected chi connectivity index (χ0v) is 10.3. The third-order valence-corrected chi connectivity index (χ3v) is 3.31. The summed E-state index contributed by atoms with van der Waals surface area (Å²) in [4.78, 5) is 1.49. The lowest BCUT2D eigenvalue weighted by Gasteiger charge is -2.28. The first-order valence-electron chi connectivity index (χ1n) is 6.16. The molecular formula is C13H16F3NO2. The van der Waals surface area contributed by atoms with Gasteiger partial charge in [-0.25, -0.2) is 0 Å². The normalized spacial score (nSPS) is 21.7. The summed E-state index contributed by atoms with van der Waals surface area (Å²) >= 11 is 0. The smallest absolute Gasteiger partial charge is 0.388 e. The second kappa shape index (κ2) is 5.38. The van der Waals surface area contributed by atoms with Gasteiger partial charge in [-0.2, -0.15) is 13.2 Å². The first-order chi connectivity index (χ1) is 8.89. The first kappa shape index (κ1) is 14.1. The number of β-amino-alcohol motifs (C(OH)–C–C–N with tert-alkyl or cyclic N) is 1. The van der Waals surface area contributed by atoms with E-state index >= 15 is 0 Å². The number of alkyl halides is 3. The quantitative estimate of drug-likeness (QED) is 0.870. The van der Waals surface area contributed by atoms with Crippen LogP contribution < -0.4 is 4.90 Å². The number of hydrogen-bond acceptors (Lipinski definition) is 3. The molecule has 0 aromatic heterocycles. The summed E-state index contributed by atoms with van der Waals surface area (Å²) in [6.07, 6.45) is -6.57. The van der Waals surface area contributed by atoms with Gasteiger partial charge in [0.05, 0.1) is 12.6 Å². The highest BCUT2D eigenvalue weighted by Crippen LogP contribution is 2.33. The lowest BCUT2D eigenvalue weighted by molar-refractivity contribution is -0.200. The standard InChI is InChI=1S/C13H16F3NO2/c14-13(15,16)12(19)8-17-7-3-6-11(18)9-4-1-2-5-10(9)17/h1-2,4-5,11-12,18-19H,3,6-8H2. The van der Waals surface area contributed by atoms with Gasteiger partial charge in [-0.3, -0.25) is 0 Å². The Kier molecular flexibility index (Phi) is 4.01. The first-order valence-corrected chi connectivity index (χ1v) is 6.16. The number of rotatable bonds is 2. The van der Waals surface area contributed by atoms with Crippen LogP contribution in [0.3, 0.4) is 0 Å². The molecule has 1 heterocycles. The van der Waals surface area contributed by atoms with Crippen LogP contribution in [0.25, 0.3) is 0 Å². The van der Waals surface area contributed by atoms with Gasteiger partial charge in [0.15, 0.2) is 6.10 Å². The summed E-state index contributed by atoms with van der Waals surface area (Å²) in [6.45, 7) is -0.117. The Morgan fingerprint density at radius 3 is 2.68 bits per heavy atom. The molecule has 19 heavy (non-hydrogen) atoms. The third kappa shape index (κ3) is 3.19.